The normalized spacial score (nSPS) is 10.0. The fourth-order valence-corrected chi connectivity index (χ4v) is 1.66. The van der Waals surface area contributed by atoms with Gasteiger partial charge in [0.1, 0.15) is 16.8 Å². The smallest absolute Gasteiger partial charge is 0.258 e. The fraction of sp³-hybridized carbons (Fsp3) is 0.0909. The molecule has 0 saturated heterocycles. The highest BCUT2D eigenvalue weighted by molar-refractivity contribution is 6.41. The van der Waals surface area contributed by atoms with Gasteiger partial charge in [-0.25, -0.2) is 4.98 Å². The standard InChI is InChI=1S/C11H7Cl2N5O/c1-18-5-7(3-14)10(17-18)16-11(19)6-2-8(12)9(13)15-4-6/h2,4-5H,1H3,(H,16,17,19). The Labute approximate surface area is 118 Å². The van der Waals surface area contributed by atoms with E-state index in [2.05, 4.69) is 15.4 Å². The maximum absolute atomic E-state index is 11.9. The lowest BCUT2D eigenvalue weighted by Crippen LogP contribution is -2.13. The van der Waals surface area contributed by atoms with Crippen molar-refractivity contribution in [2.75, 3.05) is 5.32 Å². The van der Waals surface area contributed by atoms with E-state index in [1.165, 1.54) is 23.1 Å². The van der Waals surface area contributed by atoms with Gasteiger partial charge >= 0.3 is 0 Å². The number of amides is 1. The number of hydrogen-bond acceptors (Lipinski definition) is 4. The number of aryl methyl sites for hydroxylation is 1. The predicted octanol–water partition coefficient (Wildman–Crippen LogP) is 2.25. The van der Waals surface area contributed by atoms with Crippen molar-refractivity contribution in [2.45, 2.75) is 0 Å². The van der Waals surface area contributed by atoms with Crippen molar-refractivity contribution in [3.05, 3.63) is 39.8 Å². The van der Waals surface area contributed by atoms with Gasteiger partial charge < -0.3 is 5.32 Å². The molecule has 0 atom stereocenters. The van der Waals surface area contributed by atoms with Crippen LogP contribution in [0, 0.1) is 11.3 Å². The molecule has 0 fully saturated rings. The van der Waals surface area contributed by atoms with Crippen LogP contribution in [0.15, 0.2) is 18.5 Å². The van der Waals surface area contributed by atoms with Crippen molar-refractivity contribution >= 4 is 34.9 Å². The minimum Gasteiger partial charge on any atom is -0.304 e. The van der Waals surface area contributed by atoms with Crippen molar-refractivity contribution in [1.29, 1.82) is 5.26 Å². The van der Waals surface area contributed by atoms with Gasteiger partial charge in [0.25, 0.3) is 5.91 Å². The number of nitrogens with zero attached hydrogens (tertiary/aromatic N) is 4. The van der Waals surface area contributed by atoms with Crippen LogP contribution in [0.25, 0.3) is 0 Å². The molecule has 0 aromatic carbocycles. The molecule has 1 amide bonds. The zero-order valence-corrected chi connectivity index (χ0v) is 11.2. The first-order chi connectivity index (χ1) is 9.01. The summed E-state index contributed by atoms with van der Waals surface area (Å²) in [6.45, 7) is 0. The third kappa shape index (κ3) is 2.84. The molecule has 0 aliphatic rings. The minimum absolute atomic E-state index is 0.119. The third-order valence-corrected chi connectivity index (χ3v) is 2.93. The van der Waals surface area contributed by atoms with Gasteiger partial charge in [-0.1, -0.05) is 23.2 Å². The number of rotatable bonds is 2. The Balaban J connectivity index is 2.26. The van der Waals surface area contributed by atoms with Gasteiger partial charge in [-0.05, 0) is 6.07 Å². The van der Waals surface area contributed by atoms with Crippen molar-refractivity contribution in [3.63, 3.8) is 0 Å². The second-order valence-corrected chi connectivity index (χ2v) is 4.39. The van der Waals surface area contributed by atoms with E-state index in [4.69, 9.17) is 28.5 Å². The summed E-state index contributed by atoms with van der Waals surface area (Å²) in [5.74, 6) is -0.290. The van der Waals surface area contributed by atoms with Crippen molar-refractivity contribution in [2.24, 2.45) is 7.05 Å². The zero-order chi connectivity index (χ0) is 14.0. The molecular formula is C11H7Cl2N5O. The number of pyridine rings is 1. The summed E-state index contributed by atoms with van der Waals surface area (Å²) in [6.07, 6.45) is 2.79. The first-order valence-corrected chi connectivity index (χ1v) is 5.83. The summed E-state index contributed by atoms with van der Waals surface area (Å²) in [4.78, 5) is 15.7. The number of carbonyl (C=O) groups excluding carboxylic acids is 1. The van der Waals surface area contributed by atoms with Crippen LogP contribution in [0.4, 0.5) is 5.82 Å². The van der Waals surface area contributed by atoms with Gasteiger partial charge in [0.15, 0.2) is 5.82 Å². The molecule has 19 heavy (non-hydrogen) atoms. The summed E-state index contributed by atoms with van der Waals surface area (Å²) >= 11 is 11.4. The molecule has 96 valence electrons. The number of nitriles is 1. The van der Waals surface area contributed by atoms with Crippen LogP contribution in [-0.4, -0.2) is 20.7 Å². The topological polar surface area (TPSA) is 83.6 Å². The Hall–Kier alpha value is -2.10. The van der Waals surface area contributed by atoms with Crippen molar-refractivity contribution < 1.29 is 4.79 Å². The number of aromatic nitrogens is 3. The molecule has 0 spiro atoms. The predicted molar refractivity (Wildman–Crippen MR) is 70.1 cm³/mol. The summed E-state index contributed by atoms with van der Waals surface area (Å²) in [5, 5.41) is 15.7. The van der Waals surface area contributed by atoms with E-state index < -0.39 is 5.91 Å². The highest BCUT2D eigenvalue weighted by Crippen LogP contribution is 2.20. The Morgan fingerprint density at radius 1 is 1.53 bits per heavy atom. The maximum atomic E-state index is 11.9. The van der Waals surface area contributed by atoms with Gasteiger partial charge in [-0.3, -0.25) is 9.48 Å². The average molecular weight is 296 g/mol. The van der Waals surface area contributed by atoms with E-state index in [1.54, 1.807) is 7.05 Å². The maximum Gasteiger partial charge on any atom is 0.258 e. The lowest BCUT2D eigenvalue weighted by atomic mass is 10.2. The van der Waals surface area contributed by atoms with E-state index in [0.29, 0.717) is 0 Å². The minimum atomic E-state index is -0.471. The lowest BCUT2D eigenvalue weighted by molar-refractivity contribution is 0.102. The molecule has 0 unspecified atom stereocenters. The zero-order valence-electron chi connectivity index (χ0n) is 9.69. The molecule has 2 heterocycles. The largest absolute Gasteiger partial charge is 0.304 e. The van der Waals surface area contributed by atoms with Crippen LogP contribution in [0.5, 0.6) is 0 Å². The van der Waals surface area contributed by atoms with Gasteiger partial charge in [0, 0.05) is 19.4 Å². The summed E-state index contributed by atoms with van der Waals surface area (Å²) < 4.78 is 1.43. The molecule has 0 bridgehead atoms. The first-order valence-electron chi connectivity index (χ1n) is 5.07. The second kappa shape index (κ2) is 5.26. The van der Waals surface area contributed by atoms with E-state index in [9.17, 15) is 4.79 Å². The molecule has 0 saturated carbocycles. The van der Waals surface area contributed by atoms with Crippen molar-refractivity contribution in [3.8, 4) is 6.07 Å². The summed E-state index contributed by atoms with van der Waals surface area (Å²) in [7, 11) is 1.65. The molecule has 0 aliphatic carbocycles. The SMILES string of the molecule is Cn1cc(C#N)c(NC(=O)c2cnc(Cl)c(Cl)c2)n1. The molecule has 6 nitrogen and oxygen atoms in total. The Bertz CT molecular complexity index is 689. The molecule has 2 aromatic rings. The van der Waals surface area contributed by atoms with Crippen LogP contribution in [-0.2, 0) is 7.05 Å². The number of hydrogen-bond donors (Lipinski definition) is 1. The molecule has 2 rings (SSSR count). The Morgan fingerprint density at radius 3 is 2.89 bits per heavy atom. The number of anilines is 1. The fourth-order valence-electron chi connectivity index (χ4n) is 1.39. The van der Waals surface area contributed by atoms with Crippen LogP contribution >= 0.6 is 23.2 Å². The van der Waals surface area contributed by atoms with E-state index >= 15 is 0 Å². The van der Waals surface area contributed by atoms with Crippen LogP contribution in [0.1, 0.15) is 15.9 Å². The molecule has 0 aliphatic heterocycles. The van der Waals surface area contributed by atoms with E-state index in [1.807, 2.05) is 6.07 Å². The van der Waals surface area contributed by atoms with E-state index in [-0.39, 0.29) is 27.1 Å². The summed E-state index contributed by atoms with van der Waals surface area (Å²) in [6, 6.07) is 3.32. The number of nitrogens with one attached hydrogen (secondary N) is 1. The van der Waals surface area contributed by atoms with Crippen LogP contribution in [0.3, 0.4) is 0 Å². The van der Waals surface area contributed by atoms with Gasteiger partial charge in [-0.15, -0.1) is 0 Å². The summed E-state index contributed by atoms with van der Waals surface area (Å²) in [5.41, 5.74) is 0.493. The quantitative estimate of drug-likeness (QED) is 0.861. The third-order valence-electron chi connectivity index (χ3n) is 2.24. The molecule has 8 heteroatoms. The van der Waals surface area contributed by atoms with E-state index in [0.717, 1.165) is 0 Å². The molecule has 0 radical (unpaired) electrons. The van der Waals surface area contributed by atoms with Gasteiger partial charge in [0.05, 0.1) is 10.6 Å². The number of halogens is 2. The van der Waals surface area contributed by atoms with Gasteiger partial charge in [0.2, 0.25) is 0 Å². The van der Waals surface area contributed by atoms with Crippen LogP contribution in [0.2, 0.25) is 10.2 Å². The number of carbonyl (C=O) groups is 1. The van der Waals surface area contributed by atoms with Crippen LogP contribution < -0.4 is 5.32 Å². The highest BCUT2D eigenvalue weighted by atomic mass is 35.5. The van der Waals surface area contributed by atoms with Gasteiger partial charge in [-0.2, -0.15) is 10.4 Å². The van der Waals surface area contributed by atoms with Crippen molar-refractivity contribution in [1.82, 2.24) is 14.8 Å². The molecular weight excluding hydrogens is 289 g/mol. The average Bonchev–Trinajstić information content (AvgIpc) is 2.72. The highest BCUT2D eigenvalue weighted by Gasteiger charge is 2.14. The second-order valence-electron chi connectivity index (χ2n) is 3.63. The molecule has 2 aromatic heterocycles. The lowest BCUT2D eigenvalue weighted by Gasteiger charge is -2.03. The Morgan fingerprint density at radius 2 is 2.26 bits per heavy atom. The Kier molecular flexibility index (Phi) is 3.69. The first kappa shape index (κ1) is 13.3. The molecule has 1 N–H and O–H groups in total. The monoisotopic (exact) mass is 295 g/mol.